The van der Waals surface area contributed by atoms with Crippen LogP contribution < -0.4 is 10.8 Å². The van der Waals surface area contributed by atoms with Crippen molar-refractivity contribution in [2.75, 3.05) is 5.75 Å². The van der Waals surface area contributed by atoms with Crippen LogP contribution in [0.15, 0.2) is 102 Å². The number of hydrogen-bond donors (Lipinski definition) is 5. The number of aliphatic hydroxyl groups excluding tert-OH is 1. The summed E-state index contributed by atoms with van der Waals surface area (Å²) in [7, 11) is 0. The van der Waals surface area contributed by atoms with Gasteiger partial charge in [-0.15, -0.1) is 5.10 Å². The molecular formula is C39H42N6O7S. The number of thioether (sulfide) groups is 1. The summed E-state index contributed by atoms with van der Waals surface area (Å²) < 4.78 is 14.8. The number of carbonyl (C=O) groups is 2. The van der Waals surface area contributed by atoms with Crippen LogP contribution in [0.5, 0.6) is 5.75 Å². The van der Waals surface area contributed by atoms with E-state index in [4.69, 9.17) is 14.7 Å². The smallest absolute Gasteiger partial charge is 0.243 e. The van der Waals surface area contributed by atoms with Gasteiger partial charge in [0.1, 0.15) is 5.75 Å². The van der Waals surface area contributed by atoms with Crippen LogP contribution in [-0.2, 0) is 32.2 Å². The molecule has 6 rings (SSSR count). The first kappa shape index (κ1) is 37.6. The molecule has 1 aromatic heterocycles. The topological polar surface area (TPSA) is 181 Å². The highest BCUT2D eigenvalue weighted by Crippen LogP contribution is 2.40. The van der Waals surface area contributed by atoms with Crippen molar-refractivity contribution in [3.63, 3.8) is 0 Å². The number of carbonyl (C=O) groups excluding carboxylic acids is 2. The molecule has 1 saturated heterocycles. The van der Waals surface area contributed by atoms with Crippen LogP contribution in [0.25, 0.3) is 16.8 Å². The Morgan fingerprint density at radius 1 is 0.830 bits per heavy atom. The van der Waals surface area contributed by atoms with Crippen molar-refractivity contribution in [3.05, 3.63) is 119 Å². The number of amides is 2. The first-order chi connectivity index (χ1) is 25.9. The van der Waals surface area contributed by atoms with E-state index in [0.717, 1.165) is 45.5 Å². The van der Waals surface area contributed by atoms with Crippen molar-refractivity contribution < 1.29 is 34.5 Å². The normalized spacial score (nSPS) is 17.0. The minimum absolute atomic E-state index is 0.0397. The van der Waals surface area contributed by atoms with Crippen molar-refractivity contribution in [3.8, 4) is 22.6 Å². The van der Waals surface area contributed by atoms with Gasteiger partial charge in [0.15, 0.2) is 6.29 Å². The average Bonchev–Trinajstić information content (AvgIpc) is 3.68. The standard InChI is InChI=1S/C39H42N6O7S/c46-24-26-12-14-28(15-13-26)35-22-34(25-53-39-41-43-44-45(39)32-16-18-33(47)19-17-32)51-38(52-35)31-9-5-8-30(21-31)29-7-4-6-27(20-29)23-40-36(48)10-2-1-3-11-37(49)42-50/h4-9,12-21,34-35,38,46-47,50H,1-3,10-11,22-25H2,(H,40,48)(H,42,49)/t34-,35+,38+/m0/s1. The van der Waals surface area contributed by atoms with E-state index in [1.165, 1.54) is 11.8 Å². The van der Waals surface area contributed by atoms with Gasteiger partial charge in [0.25, 0.3) is 0 Å². The van der Waals surface area contributed by atoms with Gasteiger partial charge < -0.3 is 25.0 Å². The zero-order valence-electron chi connectivity index (χ0n) is 29.0. The molecule has 0 saturated carbocycles. The fourth-order valence-corrected chi connectivity index (χ4v) is 6.94. The van der Waals surface area contributed by atoms with Crippen molar-refractivity contribution >= 4 is 23.6 Å². The van der Waals surface area contributed by atoms with Gasteiger partial charge in [-0.3, -0.25) is 14.8 Å². The van der Waals surface area contributed by atoms with E-state index < -0.39 is 12.2 Å². The van der Waals surface area contributed by atoms with E-state index in [9.17, 15) is 19.8 Å². The lowest BCUT2D eigenvalue weighted by atomic mass is 9.99. The van der Waals surface area contributed by atoms with Crippen LogP contribution in [0.3, 0.4) is 0 Å². The number of phenolic OH excluding ortho intramolecular Hbond substituents is 1. The number of aliphatic hydroxyl groups is 1. The molecule has 0 radical (unpaired) electrons. The second kappa shape index (κ2) is 18.6. The molecule has 0 bridgehead atoms. The first-order valence-electron chi connectivity index (χ1n) is 17.5. The van der Waals surface area contributed by atoms with Crippen LogP contribution in [0, 0.1) is 0 Å². The lowest BCUT2D eigenvalue weighted by Gasteiger charge is -2.36. The number of nitrogens with one attached hydrogen (secondary N) is 2. The van der Waals surface area contributed by atoms with E-state index in [0.29, 0.717) is 43.1 Å². The highest BCUT2D eigenvalue weighted by molar-refractivity contribution is 7.99. The molecule has 5 N–H and O–H groups in total. The fraction of sp³-hybridized carbons (Fsp3) is 0.308. The first-order valence-corrected chi connectivity index (χ1v) is 18.5. The number of benzene rings is 4. The number of aromatic hydroxyl groups is 1. The third kappa shape index (κ3) is 10.5. The predicted octanol–water partition coefficient (Wildman–Crippen LogP) is 5.94. The molecule has 13 nitrogen and oxygen atoms in total. The number of nitrogens with zero attached hydrogens (tertiary/aromatic N) is 4. The Morgan fingerprint density at radius 3 is 2.32 bits per heavy atom. The average molecular weight is 739 g/mol. The Labute approximate surface area is 311 Å². The lowest BCUT2D eigenvalue weighted by molar-refractivity contribution is -0.245. The summed E-state index contributed by atoms with van der Waals surface area (Å²) in [6, 6.07) is 30.5. The Morgan fingerprint density at radius 2 is 1.57 bits per heavy atom. The van der Waals surface area contributed by atoms with Gasteiger partial charge in [0.05, 0.1) is 24.5 Å². The summed E-state index contributed by atoms with van der Waals surface area (Å²) in [6.45, 7) is 0.349. The molecule has 14 heteroatoms. The Balaban J connectivity index is 1.13. The number of hydroxylamine groups is 1. The summed E-state index contributed by atoms with van der Waals surface area (Å²) >= 11 is 1.47. The van der Waals surface area contributed by atoms with Gasteiger partial charge in [-0.2, -0.15) is 4.68 Å². The van der Waals surface area contributed by atoms with Gasteiger partial charge in [-0.25, -0.2) is 5.48 Å². The lowest BCUT2D eigenvalue weighted by Crippen LogP contribution is -2.31. The summed E-state index contributed by atoms with van der Waals surface area (Å²) in [5.41, 5.74) is 7.94. The number of tetrazole rings is 1. The molecule has 1 aliphatic heterocycles. The third-order valence-corrected chi connectivity index (χ3v) is 9.94. The van der Waals surface area contributed by atoms with Gasteiger partial charge in [0.2, 0.25) is 17.0 Å². The Hall–Kier alpha value is -5.12. The number of phenols is 1. The highest BCUT2D eigenvalue weighted by atomic mass is 32.2. The molecule has 2 amide bonds. The van der Waals surface area contributed by atoms with Crippen LogP contribution >= 0.6 is 11.8 Å². The van der Waals surface area contributed by atoms with Crippen LogP contribution in [0.1, 0.15) is 73.2 Å². The molecule has 53 heavy (non-hydrogen) atoms. The molecule has 1 aliphatic rings. The summed E-state index contributed by atoms with van der Waals surface area (Å²) in [6.07, 6.45) is 2.04. The summed E-state index contributed by atoms with van der Waals surface area (Å²) in [5, 5.41) is 43.7. The Bertz CT molecular complexity index is 1960. The number of aromatic nitrogens is 4. The molecule has 0 unspecified atom stereocenters. The van der Waals surface area contributed by atoms with Crippen molar-refractivity contribution in [2.45, 2.75) is 75.3 Å². The van der Waals surface area contributed by atoms with E-state index in [-0.39, 0.29) is 36.9 Å². The molecule has 0 spiro atoms. The molecule has 2 heterocycles. The number of ether oxygens (including phenoxy) is 2. The number of rotatable bonds is 16. The van der Waals surface area contributed by atoms with Crippen molar-refractivity contribution in [1.29, 1.82) is 0 Å². The molecular weight excluding hydrogens is 697 g/mol. The quantitative estimate of drug-likeness (QED) is 0.0350. The maximum Gasteiger partial charge on any atom is 0.243 e. The maximum atomic E-state index is 12.4. The predicted molar refractivity (Wildman–Crippen MR) is 197 cm³/mol. The van der Waals surface area contributed by atoms with Crippen LogP contribution in [-0.4, -0.2) is 59.3 Å². The van der Waals surface area contributed by atoms with E-state index in [2.05, 4.69) is 33.0 Å². The van der Waals surface area contributed by atoms with E-state index in [1.807, 2.05) is 60.7 Å². The molecule has 4 aromatic carbocycles. The number of unbranched alkanes of at least 4 members (excludes halogenated alkanes) is 2. The second-order valence-corrected chi connectivity index (χ2v) is 13.7. The van der Waals surface area contributed by atoms with E-state index in [1.54, 1.807) is 34.4 Å². The SMILES string of the molecule is O=C(CCCCCC(=O)NCc1cccc(-c2cccc([C@@H]3O[C@H](CSc4nnnn4-c4ccc(O)cc4)C[C@H](c4ccc(CO)cc4)O3)c2)c1)NO. The van der Waals surface area contributed by atoms with E-state index >= 15 is 0 Å². The van der Waals surface area contributed by atoms with Crippen LogP contribution in [0.2, 0.25) is 0 Å². The molecule has 0 aliphatic carbocycles. The van der Waals surface area contributed by atoms with Crippen molar-refractivity contribution in [2.24, 2.45) is 0 Å². The molecule has 5 aromatic rings. The van der Waals surface area contributed by atoms with Gasteiger partial charge in [-0.05, 0) is 87.5 Å². The third-order valence-electron chi connectivity index (χ3n) is 8.89. The summed E-state index contributed by atoms with van der Waals surface area (Å²) in [5.74, 6) is 0.235. The molecule has 3 atom stereocenters. The zero-order valence-corrected chi connectivity index (χ0v) is 29.8. The minimum atomic E-state index is -0.662. The minimum Gasteiger partial charge on any atom is -0.508 e. The zero-order chi connectivity index (χ0) is 37.0. The fourth-order valence-electron chi connectivity index (χ4n) is 6.03. The maximum absolute atomic E-state index is 12.4. The largest absolute Gasteiger partial charge is 0.508 e. The Kier molecular flexibility index (Phi) is 13.2. The van der Waals surface area contributed by atoms with Gasteiger partial charge in [0, 0.05) is 37.1 Å². The second-order valence-electron chi connectivity index (χ2n) is 12.7. The molecule has 1 fully saturated rings. The van der Waals surface area contributed by atoms with Crippen LogP contribution in [0.4, 0.5) is 0 Å². The van der Waals surface area contributed by atoms with Gasteiger partial charge in [-0.1, -0.05) is 78.8 Å². The molecule has 276 valence electrons. The van der Waals surface area contributed by atoms with Gasteiger partial charge >= 0.3 is 0 Å². The highest BCUT2D eigenvalue weighted by Gasteiger charge is 2.33. The number of hydrogen-bond acceptors (Lipinski definition) is 11. The monoisotopic (exact) mass is 738 g/mol. The summed E-state index contributed by atoms with van der Waals surface area (Å²) in [4.78, 5) is 23.6. The van der Waals surface area contributed by atoms with Crippen molar-refractivity contribution in [1.82, 2.24) is 31.0 Å².